The lowest BCUT2D eigenvalue weighted by Gasteiger charge is -2.12. The van der Waals surface area contributed by atoms with Crippen LogP contribution in [-0.4, -0.2) is 19.8 Å². The highest BCUT2D eigenvalue weighted by molar-refractivity contribution is 6.31. The lowest BCUT2D eigenvalue weighted by Crippen LogP contribution is -2.11. The third-order valence-corrected chi connectivity index (χ3v) is 4.45. The summed E-state index contributed by atoms with van der Waals surface area (Å²) in [5.41, 5.74) is 2.76. The van der Waals surface area contributed by atoms with E-state index in [1.54, 1.807) is 43.5 Å². The van der Waals surface area contributed by atoms with Gasteiger partial charge >= 0.3 is 0 Å². The molecule has 0 aromatic heterocycles. The van der Waals surface area contributed by atoms with Crippen LogP contribution in [0.3, 0.4) is 0 Å². The Morgan fingerprint density at radius 3 is 2.50 bits per heavy atom. The number of fused-ring (bicyclic) bond motifs is 1. The number of hydrogen-bond acceptors (Lipinski definition) is 5. The number of benzene rings is 3. The van der Waals surface area contributed by atoms with Gasteiger partial charge in [0.1, 0.15) is 5.75 Å². The van der Waals surface area contributed by atoms with Crippen molar-refractivity contribution in [1.82, 2.24) is 0 Å². The van der Waals surface area contributed by atoms with Crippen molar-refractivity contribution in [3.8, 4) is 17.2 Å². The van der Waals surface area contributed by atoms with E-state index in [-0.39, 0.29) is 12.7 Å². The topological polar surface area (TPSA) is 68.8 Å². The van der Waals surface area contributed by atoms with Gasteiger partial charge in [0.25, 0.3) is 5.91 Å². The van der Waals surface area contributed by atoms with Crippen LogP contribution in [0.15, 0.2) is 60.7 Å². The fraction of sp³-hybridized carbons (Fsp3) is 0.0952. The van der Waals surface area contributed by atoms with E-state index in [1.807, 2.05) is 24.3 Å². The Hall–Kier alpha value is -3.38. The first-order chi connectivity index (χ1) is 13.6. The number of nitrogens with one attached hydrogen (secondary N) is 2. The summed E-state index contributed by atoms with van der Waals surface area (Å²) in [6.07, 6.45) is 0. The Kier molecular flexibility index (Phi) is 4.95. The number of anilines is 3. The summed E-state index contributed by atoms with van der Waals surface area (Å²) in [5.74, 6) is 1.67. The molecule has 0 saturated carbocycles. The van der Waals surface area contributed by atoms with Crippen LogP contribution in [-0.2, 0) is 0 Å². The minimum atomic E-state index is -0.226. The Bertz CT molecular complexity index is 1020. The average Bonchev–Trinajstić information content (AvgIpc) is 3.17. The quantitative estimate of drug-likeness (QED) is 0.630. The van der Waals surface area contributed by atoms with Crippen LogP contribution in [0.4, 0.5) is 17.1 Å². The van der Waals surface area contributed by atoms with Crippen molar-refractivity contribution in [3.05, 3.63) is 71.2 Å². The molecule has 1 amide bonds. The van der Waals surface area contributed by atoms with Crippen LogP contribution < -0.4 is 24.8 Å². The molecule has 1 heterocycles. The van der Waals surface area contributed by atoms with Gasteiger partial charge in [-0.2, -0.15) is 0 Å². The Morgan fingerprint density at radius 1 is 0.964 bits per heavy atom. The minimum absolute atomic E-state index is 0.173. The third-order valence-electron chi connectivity index (χ3n) is 4.22. The van der Waals surface area contributed by atoms with Crippen molar-refractivity contribution in [1.29, 1.82) is 0 Å². The van der Waals surface area contributed by atoms with Gasteiger partial charge in [0.05, 0.1) is 12.8 Å². The molecule has 0 bridgehead atoms. The van der Waals surface area contributed by atoms with Crippen molar-refractivity contribution >= 4 is 34.6 Å². The lowest BCUT2D eigenvalue weighted by molar-refractivity contribution is 0.102. The maximum absolute atomic E-state index is 12.5. The second-order valence-electron chi connectivity index (χ2n) is 6.07. The second kappa shape index (κ2) is 7.70. The van der Waals surface area contributed by atoms with Crippen LogP contribution in [0.1, 0.15) is 10.4 Å². The number of methoxy groups -OCH3 is 1. The van der Waals surface area contributed by atoms with Crippen LogP contribution in [0, 0.1) is 0 Å². The lowest BCUT2D eigenvalue weighted by atomic mass is 10.2. The molecule has 0 fully saturated rings. The minimum Gasteiger partial charge on any atom is -0.495 e. The molecule has 1 aliphatic heterocycles. The summed E-state index contributed by atoms with van der Waals surface area (Å²) in [4.78, 5) is 12.5. The zero-order valence-corrected chi connectivity index (χ0v) is 15.7. The largest absolute Gasteiger partial charge is 0.495 e. The molecule has 1 aliphatic rings. The van der Waals surface area contributed by atoms with Gasteiger partial charge in [-0.25, -0.2) is 0 Å². The first-order valence-electron chi connectivity index (χ1n) is 8.54. The predicted molar refractivity (Wildman–Crippen MR) is 108 cm³/mol. The first kappa shape index (κ1) is 18.0. The van der Waals surface area contributed by atoms with E-state index in [0.29, 0.717) is 33.5 Å². The molecule has 0 unspecified atom stereocenters. The Labute approximate surface area is 167 Å². The fourth-order valence-corrected chi connectivity index (χ4v) is 2.98. The summed E-state index contributed by atoms with van der Waals surface area (Å²) in [7, 11) is 1.60. The molecular formula is C21H17ClN2O4. The number of ether oxygens (including phenoxy) is 3. The van der Waals surface area contributed by atoms with Gasteiger partial charge in [-0.3, -0.25) is 4.79 Å². The number of rotatable bonds is 5. The van der Waals surface area contributed by atoms with E-state index in [4.69, 9.17) is 25.8 Å². The van der Waals surface area contributed by atoms with Gasteiger partial charge < -0.3 is 24.8 Å². The van der Waals surface area contributed by atoms with E-state index in [1.165, 1.54) is 0 Å². The molecule has 6 nitrogen and oxygen atoms in total. The highest BCUT2D eigenvalue weighted by atomic mass is 35.5. The third kappa shape index (κ3) is 3.82. The maximum atomic E-state index is 12.5. The molecule has 2 N–H and O–H groups in total. The van der Waals surface area contributed by atoms with Gasteiger partial charge in [0.2, 0.25) is 6.79 Å². The maximum Gasteiger partial charge on any atom is 0.255 e. The van der Waals surface area contributed by atoms with Crippen molar-refractivity contribution in [3.63, 3.8) is 0 Å². The highest BCUT2D eigenvalue weighted by Gasteiger charge is 2.16. The van der Waals surface area contributed by atoms with Crippen molar-refractivity contribution in [2.24, 2.45) is 0 Å². The molecule has 0 atom stereocenters. The van der Waals surface area contributed by atoms with E-state index in [0.717, 1.165) is 11.4 Å². The first-order valence-corrected chi connectivity index (χ1v) is 8.92. The molecule has 4 rings (SSSR count). The predicted octanol–water partition coefficient (Wildman–Crippen LogP) is 5.07. The molecule has 7 heteroatoms. The summed E-state index contributed by atoms with van der Waals surface area (Å²) < 4.78 is 15.9. The van der Waals surface area contributed by atoms with Gasteiger partial charge in [-0.15, -0.1) is 0 Å². The zero-order chi connectivity index (χ0) is 19.5. The highest BCUT2D eigenvalue weighted by Crippen LogP contribution is 2.33. The van der Waals surface area contributed by atoms with E-state index < -0.39 is 0 Å². The molecule has 3 aromatic rings. The molecule has 0 saturated heterocycles. The van der Waals surface area contributed by atoms with Crippen LogP contribution in [0.5, 0.6) is 17.2 Å². The monoisotopic (exact) mass is 396 g/mol. The summed E-state index contributed by atoms with van der Waals surface area (Å²) in [6.45, 7) is 0.173. The van der Waals surface area contributed by atoms with Gasteiger partial charge in [-0.1, -0.05) is 11.6 Å². The van der Waals surface area contributed by atoms with Crippen molar-refractivity contribution in [2.75, 3.05) is 24.5 Å². The standard InChI is InChI=1S/C21H17ClN2O4/c1-26-18-9-3-14(22)11-17(18)23-15-4-6-16(7-5-15)24-21(25)13-2-8-19-20(10-13)28-12-27-19/h2-11,23H,12H2,1H3,(H,24,25). The van der Waals surface area contributed by atoms with E-state index in [9.17, 15) is 4.79 Å². The number of carbonyl (C=O) groups excluding carboxylic acids is 1. The summed E-state index contributed by atoms with van der Waals surface area (Å²) >= 11 is 6.06. The van der Waals surface area contributed by atoms with Crippen molar-refractivity contribution < 1.29 is 19.0 Å². The van der Waals surface area contributed by atoms with Gasteiger partial charge in [-0.05, 0) is 60.7 Å². The van der Waals surface area contributed by atoms with Crippen molar-refractivity contribution in [2.45, 2.75) is 0 Å². The number of amides is 1. The second-order valence-corrected chi connectivity index (χ2v) is 6.51. The van der Waals surface area contributed by atoms with Gasteiger partial charge in [0.15, 0.2) is 11.5 Å². The van der Waals surface area contributed by atoms with Crippen LogP contribution in [0.25, 0.3) is 0 Å². The SMILES string of the molecule is COc1ccc(Cl)cc1Nc1ccc(NC(=O)c2ccc3c(c2)OCO3)cc1. The number of hydrogen-bond donors (Lipinski definition) is 2. The fourth-order valence-electron chi connectivity index (χ4n) is 2.81. The molecule has 0 radical (unpaired) electrons. The van der Waals surface area contributed by atoms with Gasteiger partial charge in [0, 0.05) is 22.0 Å². The average molecular weight is 397 g/mol. The molecule has 28 heavy (non-hydrogen) atoms. The Morgan fingerprint density at radius 2 is 1.71 bits per heavy atom. The summed E-state index contributed by atoms with van der Waals surface area (Å²) in [5, 5.41) is 6.72. The molecule has 3 aromatic carbocycles. The molecule has 142 valence electrons. The van der Waals surface area contributed by atoms with Crippen LogP contribution >= 0.6 is 11.6 Å². The molecular weight excluding hydrogens is 380 g/mol. The Balaban J connectivity index is 1.45. The molecule has 0 spiro atoms. The normalized spacial score (nSPS) is 11.8. The summed E-state index contributed by atoms with van der Waals surface area (Å²) in [6, 6.07) is 17.8. The van der Waals surface area contributed by atoms with E-state index in [2.05, 4.69) is 10.6 Å². The number of halogens is 1. The van der Waals surface area contributed by atoms with E-state index >= 15 is 0 Å². The van der Waals surface area contributed by atoms with Crippen LogP contribution in [0.2, 0.25) is 5.02 Å². The molecule has 0 aliphatic carbocycles. The smallest absolute Gasteiger partial charge is 0.255 e. The zero-order valence-electron chi connectivity index (χ0n) is 15.0. The number of carbonyl (C=O) groups is 1.